The van der Waals surface area contributed by atoms with Crippen molar-refractivity contribution in [2.75, 3.05) is 18.4 Å². The quantitative estimate of drug-likeness (QED) is 0.411. The van der Waals surface area contributed by atoms with Crippen LogP contribution in [0.1, 0.15) is 29.7 Å². The maximum atomic E-state index is 14.0. The first-order valence-electron chi connectivity index (χ1n) is 9.32. The van der Waals surface area contributed by atoms with Crippen molar-refractivity contribution in [3.63, 3.8) is 0 Å². The molecule has 4 rings (SSSR count). The van der Waals surface area contributed by atoms with Gasteiger partial charge in [0.2, 0.25) is 0 Å². The van der Waals surface area contributed by atoms with Crippen molar-refractivity contribution in [2.24, 2.45) is 5.16 Å². The lowest BCUT2D eigenvalue weighted by Crippen LogP contribution is -2.29. The number of benzene rings is 1. The topological polar surface area (TPSA) is 45.7 Å². The Morgan fingerprint density at radius 2 is 2.11 bits per heavy atom. The minimum Gasteiger partial charge on any atom is -0.392 e. The molecule has 1 aliphatic heterocycles. The van der Waals surface area contributed by atoms with E-state index in [2.05, 4.69) is 15.8 Å². The maximum absolute atomic E-state index is 14.0. The highest BCUT2D eigenvalue weighted by atomic mass is 32.1. The number of halogens is 4. The minimum atomic E-state index is -4.34. The van der Waals surface area contributed by atoms with E-state index in [4.69, 9.17) is 4.84 Å². The molecule has 2 aliphatic rings. The fraction of sp³-hybridized carbons (Fsp3) is 0.526. The van der Waals surface area contributed by atoms with Crippen LogP contribution in [0.5, 0.6) is 0 Å². The number of alkyl halides is 4. The van der Waals surface area contributed by atoms with E-state index in [9.17, 15) is 17.6 Å². The third kappa shape index (κ3) is 4.25. The standard InChI is InChI=1S/C19H21F4N3OS/c20-14-8-24-9-16(14)26-15-6-2-5-12-13(7-19(21,22)23)17(28-18(12)15)10-25-27-11-3-1-4-11/h2,5-6,10-11,14,16,24,26H,1,3-4,7-9H2/b25-10+/t14-,16+/m0/s1. The molecule has 1 saturated heterocycles. The first-order valence-corrected chi connectivity index (χ1v) is 10.1. The van der Waals surface area contributed by atoms with Crippen LogP contribution in [0.15, 0.2) is 23.4 Å². The van der Waals surface area contributed by atoms with Gasteiger partial charge in [-0.2, -0.15) is 13.2 Å². The SMILES string of the molecule is F[C@H]1CNC[C@H]1Nc1cccc2c(CC(F)(F)F)c(/C=N/OC3CCC3)sc12. The summed E-state index contributed by atoms with van der Waals surface area (Å²) in [6.07, 6.45) is -2.05. The zero-order valence-corrected chi connectivity index (χ0v) is 15.9. The van der Waals surface area contributed by atoms with E-state index in [1.807, 2.05) is 0 Å². The number of nitrogens with zero attached hydrogens (tertiary/aromatic N) is 1. The van der Waals surface area contributed by atoms with Gasteiger partial charge in [0.1, 0.15) is 12.3 Å². The fourth-order valence-corrected chi connectivity index (χ4v) is 4.58. The minimum absolute atomic E-state index is 0.0604. The number of hydrogen-bond donors (Lipinski definition) is 2. The van der Waals surface area contributed by atoms with E-state index in [1.54, 1.807) is 18.2 Å². The molecule has 0 amide bonds. The van der Waals surface area contributed by atoms with E-state index in [0.717, 1.165) is 19.3 Å². The van der Waals surface area contributed by atoms with Crippen molar-refractivity contribution in [2.45, 2.75) is 50.2 Å². The zero-order chi connectivity index (χ0) is 19.7. The van der Waals surface area contributed by atoms with Crippen LogP contribution < -0.4 is 10.6 Å². The van der Waals surface area contributed by atoms with Crippen LogP contribution in [0.3, 0.4) is 0 Å². The summed E-state index contributed by atoms with van der Waals surface area (Å²) in [5, 5.41) is 10.5. The highest BCUT2D eigenvalue weighted by Crippen LogP contribution is 2.39. The zero-order valence-electron chi connectivity index (χ0n) is 15.1. The second-order valence-electron chi connectivity index (χ2n) is 7.24. The van der Waals surface area contributed by atoms with Gasteiger partial charge in [-0.1, -0.05) is 17.3 Å². The van der Waals surface area contributed by atoms with Crippen LogP contribution in [0.25, 0.3) is 10.1 Å². The summed E-state index contributed by atoms with van der Waals surface area (Å²) in [6, 6.07) is 4.73. The number of rotatable bonds is 6. The first-order chi connectivity index (χ1) is 13.4. The Bertz CT molecular complexity index is 863. The number of anilines is 1. The Morgan fingerprint density at radius 3 is 2.75 bits per heavy atom. The van der Waals surface area contributed by atoms with Crippen molar-refractivity contribution < 1.29 is 22.4 Å². The van der Waals surface area contributed by atoms with Gasteiger partial charge in [-0.25, -0.2) is 4.39 Å². The molecule has 2 fully saturated rings. The van der Waals surface area contributed by atoms with Gasteiger partial charge >= 0.3 is 6.18 Å². The summed E-state index contributed by atoms with van der Waals surface area (Å²) < 4.78 is 54.2. The molecule has 2 aromatic rings. The lowest BCUT2D eigenvalue weighted by atomic mass is 9.97. The fourth-order valence-electron chi connectivity index (χ4n) is 3.42. The Hall–Kier alpha value is -1.87. The molecule has 1 aromatic carbocycles. The lowest BCUT2D eigenvalue weighted by molar-refractivity contribution is -0.126. The van der Waals surface area contributed by atoms with E-state index in [-0.39, 0.29) is 18.2 Å². The summed E-state index contributed by atoms with van der Waals surface area (Å²) in [5.74, 6) is 0. The van der Waals surface area contributed by atoms with E-state index >= 15 is 0 Å². The van der Waals surface area contributed by atoms with Crippen LogP contribution in [-0.4, -0.2) is 43.8 Å². The molecule has 2 heterocycles. The third-order valence-corrected chi connectivity index (χ3v) is 6.36. The van der Waals surface area contributed by atoms with Crippen LogP contribution >= 0.6 is 11.3 Å². The second kappa shape index (κ2) is 7.87. The Morgan fingerprint density at radius 1 is 1.29 bits per heavy atom. The molecular formula is C19H21F4N3OS. The van der Waals surface area contributed by atoms with Crippen LogP contribution in [-0.2, 0) is 11.3 Å². The van der Waals surface area contributed by atoms with E-state index in [1.165, 1.54) is 17.6 Å². The van der Waals surface area contributed by atoms with Crippen LogP contribution in [0.4, 0.5) is 23.2 Å². The van der Waals surface area contributed by atoms with Crippen molar-refractivity contribution in [1.29, 1.82) is 0 Å². The van der Waals surface area contributed by atoms with E-state index < -0.39 is 24.8 Å². The van der Waals surface area contributed by atoms with Crippen LogP contribution in [0, 0.1) is 0 Å². The highest BCUT2D eigenvalue weighted by molar-refractivity contribution is 7.21. The maximum Gasteiger partial charge on any atom is 0.393 e. The molecule has 4 nitrogen and oxygen atoms in total. The van der Waals surface area contributed by atoms with Crippen LogP contribution in [0.2, 0.25) is 0 Å². The predicted molar refractivity (Wildman–Crippen MR) is 103 cm³/mol. The van der Waals surface area contributed by atoms with Gasteiger partial charge in [0.25, 0.3) is 0 Å². The molecule has 0 bridgehead atoms. The summed E-state index contributed by atoms with van der Waals surface area (Å²) in [7, 11) is 0. The van der Waals surface area contributed by atoms with Gasteiger partial charge in [-0.3, -0.25) is 0 Å². The molecular weight excluding hydrogens is 394 g/mol. The smallest absolute Gasteiger partial charge is 0.392 e. The average molecular weight is 415 g/mol. The molecule has 1 aromatic heterocycles. The lowest BCUT2D eigenvalue weighted by Gasteiger charge is -2.22. The monoisotopic (exact) mass is 415 g/mol. The summed E-state index contributed by atoms with van der Waals surface area (Å²) in [5.41, 5.74) is 0.820. The largest absolute Gasteiger partial charge is 0.393 e. The van der Waals surface area contributed by atoms with Gasteiger partial charge in [-0.15, -0.1) is 11.3 Å². The predicted octanol–water partition coefficient (Wildman–Crippen LogP) is 4.63. The van der Waals surface area contributed by atoms with Crippen molar-refractivity contribution in [1.82, 2.24) is 5.32 Å². The molecule has 1 saturated carbocycles. The number of thiophene rings is 1. The van der Waals surface area contributed by atoms with Crippen molar-refractivity contribution >= 4 is 33.3 Å². The average Bonchev–Trinajstić information content (AvgIpc) is 3.14. The Balaban J connectivity index is 1.67. The van der Waals surface area contributed by atoms with Gasteiger partial charge in [-0.05, 0) is 36.3 Å². The van der Waals surface area contributed by atoms with Gasteiger partial charge in [0.05, 0.1) is 33.9 Å². The molecule has 2 N–H and O–H groups in total. The molecule has 0 spiro atoms. The number of fused-ring (bicyclic) bond motifs is 1. The first kappa shape index (κ1) is 19.4. The van der Waals surface area contributed by atoms with E-state index in [0.29, 0.717) is 27.2 Å². The molecule has 1 aliphatic carbocycles. The molecule has 152 valence electrons. The number of hydrogen-bond acceptors (Lipinski definition) is 5. The Kier molecular flexibility index (Phi) is 5.46. The Labute approximate surface area is 163 Å². The second-order valence-corrected chi connectivity index (χ2v) is 8.29. The summed E-state index contributed by atoms with van der Waals surface area (Å²) in [4.78, 5) is 5.76. The molecule has 9 heteroatoms. The molecule has 28 heavy (non-hydrogen) atoms. The number of oxime groups is 1. The molecule has 0 unspecified atom stereocenters. The van der Waals surface area contributed by atoms with Crippen molar-refractivity contribution in [3.8, 4) is 0 Å². The van der Waals surface area contributed by atoms with Gasteiger partial charge < -0.3 is 15.5 Å². The number of nitrogens with one attached hydrogen (secondary N) is 2. The molecule has 2 atom stereocenters. The highest BCUT2D eigenvalue weighted by Gasteiger charge is 2.32. The molecule has 0 radical (unpaired) electrons. The third-order valence-electron chi connectivity index (χ3n) is 5.14. The van der Waals surface area contributed by atoms with Crippen molar-refractivity contribution in [3.05, 3.63) is 28.6 Å². The summed E-state index contributed by atoms with van der Waals surface area (Å²) in [6.45, 7) is 0.746. The normalized spacial score (nSPS) is 23.4. The van der Waals surface area contributed by atoms with Gasteiger partial charge in [0, 0.05) is 13.1 Å². The summed E-state index contributed by atoms with van der Waals surface area (Å²) >= 11 is 1.22. The van der Waals surface area contributed by atoms with Gasteiger partial charge in [0.15, 0.2) is 0 Å².